The molecule has 1 unspecified atom stereocenters. The summed E-state index contributed by atoms with van der Waals surface area (Å²) >= 11 is 0. The molecule has 2 aliphatic rings. The predicted molar refractivity (Wildman–Crippen MR) is 132 cm³/mol. The van der Waals surface area contributed by atoms with Gasteiger partial charge in [-0.05, 0) is 55.5 Å². The summed E-state index contributed by atoms with van der Waals surface area (Å²) in [5.74, 6) is 0.725. The standard InChI is InChI=1S/C28H32N2O4/c31-28(21-22-7-2-1-3-8-22)15-18-30(19-16-28)17-6-20-32-23-11-13-24(14-12-23)33-27-29-25-9-4-5-10-26(25)34-27/h1-5,7-11,13-14,23,31H,6,12,15-21H2. The van der Waals surface area contributed by atoms with Crippen LogP contribution < -0.4 is 4.74 Å². The van der Waals surface area contributed by atoms with Crippen molar-refractivity contribution in [3.8, 4) is 6.08 Å². The predicted octanol–water partition coefficient (Wildman–Crippen LogP) is 4.90. The summed E-state index contributed by atoms with van der Waals surface area (Å²) in [6, 6.07) is 17.9. The van der Waals surface area contributed by atoms with Crippen molar-refractivity contribution in [2.75, 3.05) is 26.2 Å². The number of oxazole rings is 1. The monoisotopic (exact) mass is 460 g/mol. The van der Waals surface area contributed by atoms with E-state index in [1.165, 1.54) is 5.56 Å². The number of ether oxygens (including phenoxy) is 2. The van der Waals surface area contributed by atoms with E-state index in [4.69, 9.17) is 13.9 Å². The zero-order chi connectivity index (χ0) is 23.2. The highest BCUT2D eigenvalue weighted by molar-refractivity contribution is 5.72. The van der Waals surface area contributed by atoms with Crippen LogP contribution in [0, 0.1) is 0 Å². The molecule has 0 spiro atoms. The van der Waals surface area contributed by atoms with E-state index in [2.05, 4.69) is 22.0 Å². The lowest BCUT2D eigenvalue weighted by Crippen LogP contribution is -2.46. The highest BCUT2D eigenvalue weighted by Crippen LogP contribution is 2.27. The molecule has 1 fully saturated rings. The van der Waals surface area contributed by atoms with Gasteiger partial charge in [0.2, 0.25) is 0 Å². The number of piperidine rings is 1. The zero-order valence-corrected chi connectivity index (χ0v) is 19.4. The van der Waals surface area contributed by atoms with Crippen molar-refractivity contribution in [2.24, 2.45) is 0 Å². The second-order valence-electron chi connectivity index (χ2n) is 9.24. The van der Waals surface area contributed by atoms with Crippen LogP contribution in [-0.2, 0) is 11.2 Å². The summed E-state index contributed by atoms with van der Waals surface area (Å²) in [7, 11) is 0. The van der Waals surface area contributed by atoms with Gasteiger partial charge < -0.3 is 23.9 Å². The van der Waals surface area contributed by atoms with E-state index in [0.717, 1.165) is 69.6 Å². The minimum absolute atomic E-state index is 0.0632. The lowest BCUT2D eigenvalue weighted by molar-refractivity contribution is -0.0227. The summed E-state index contributed by atoms with van der Waals surface area (Å²) in [5, 5.41) is 11.0. The van der Waals surface area contributed by atoms with Gasteiger partial charge in [-0.15, -0.1) is 0 Å². The van der Waals surface area contributed by atoms with Gasteiger partial charge in [0.25, 0.3) is 0 Å². The van der Waals surface area contributed by atoms with Gasteiger partial charge in [-0.2, -0.15) is 4.98 Å². The van der Waals surface area contributed by atoms with Crippen molar-refractivity contribution in [3.05, 3.63) is 84.1 Å². The molecule has 6 nitrogen and oxygen atoms in total. The molecule has 1 aliphatic heterocycles. The van der Waals surface area contributed by atoms with Crippen LogP contribution in [0.5, 0.6) is 6.08 Å². The number of hydrogen-bond acceptors (Lipinski definition) is 6. The molecule has 0 bridgehead atoms. The number of aromatic nitrogens is 1. The minimum Gasteiger partial charge on any atom is -0.411 e. The third-order valence-electron chi connectivity index (χ3n) is 6.62. The Labute approximate surface area is 200 Å². The van der Waals surface area contributed by atoms with E-state index in [-0.39, 0.29) is 12.2 Å². The third kappa shape index (κ3) is 5.95. The van der Waals surface area contributed by atoms with Crippen molar-refractivity contribution in [1.82, 2.24) is 9.88 Å². The summed E-state index contributed by atoms with van der Waals surface area (Å²) in [4.78, 5) is 6.78. The number of allylic oxidation sites excluding steroid dienone is 1. The molecule has 5 rings (SSSR count). The van der Waals surface area contributed by atoms with Crippen LogP contribution in [0.25, 0.3) is 11.1 Å². The first kappa shape index (κ1) is 22.8. The van der Waals surface area contributed by atoms with Gasteiger partial charge in [-0.1, -0.05) is 48.5 Å². The summed E-state index contributed by atoms with van der Waals surface area (Å²) in [6.07, 6.45) is 10.4. The van der Waals surface area contributed by atoms with Crippen LogP contribution in [0.2, 0.25) is 0 Å². The molecule has 0 amide bonds. The molecule has 178 valence electrons. The van der Waals surface area contributed by atoms with Crippen molar-refractivity contribution in [1.29, 1.82) is 0 Å². The molecule has 0 radical (unpaired) electrons. The number of para-hydroxylation sites is 2. The SMILES string of the molecule is OC1(Cc2ccccc2)CCN(CCCOC2C=CC(Oc3nc4ccccc4o3)=CC2)CC1. The summed E-state index contributed by atoms with van der Waals surface area (Å²) < 4.78 is 17.4. The normalized spacial score (nSPS) is 20.4. The van der Waals surface area contributed by atoms with Crippen molar-refractivity contribution >= 4 is 11.1 Å². The number of likely N-dealkylation sites (tertiary alicyclic amines) is 1. The Balaban J connectivity index is 0.984. The number of hydrogen-bond donors (Lipinski definition) is 1. The van der Waals surface area contributed by atoms with Crippen LogP contribution >= 0.6 is 0 Å². The van der Waals surface area contributed by atoms with Crippen LogP contribution in [0.15, 0.2) is 83.0 Å². The third-order valence-corrected chi connectivity index (χ3v) is 6.62. The van der Waals surface area contributed by atoms with Crippen LogP contribution in [-0.4, -0.2) is 52.9 Å². The van der Waals surface area contributed by atoms with E-state index in [1.54, 1.807) is 0 Å². The fraction of sp³-hybridized carbons (Fsp3) is 0.393. The number of benzene rings is 2. The Morgan fingerprint density at radius 1 is 1.06 bits per heavy atom. The molecule has 6 heteroatoms. The molecule has 1 aliphatic carbocycles. The quantitative estimate of drug-likeness (QED) is 0.459. The molecule has 0 saturated carbocycles. The van der Waals surface area contributed by atoms with Gasteiger partial charge in [0, 0.05) is 32.7 Å². The topological polar surface area (TPSA) is 68.0 Å². The fourth-order valence-electron chi connectivity index (χ4n) is 4.64. The van der Waals surface area contributed by atoms with Crippen molar-refractivity contribution in [2.45, 2.75) is 43.8 Å². The van der Waals surface area contributed by atoms with E-state index in [1.807, 2.05) is 60.7 Å². The number of rotatable bonds is 9. The zero-order valence-electron chi connectivity index (χ0n) is 19.4. The maximum Gasteiger partial charge on any atom is 0.400 e. The highest BCUT2D eigenvalue weighted by atomic mass is 16.6. The highest BCUT2D eigenvalue weighted by Gasteiger charge is 2.32. The van der Waals surface area contributed by atoms with Gasteiger partial charge in [-0.3, -0.25) is 0 Å². The van der Waals surface area contributed by atoms with Gasteiger partial charge in [0.1, 0.15) is 11.3 Å². The smallest absolute Gasteiger partial charge is 0.400 e. The van der Waals surface area contributed by atoms with Gasteiger partial charge >= 0.3 is 6.08 Å². The molecule has 2 aromatic carbocycles. The Kier molecular flexibility index (Phi) is 7.09. The largest absolute Gasteiger partial charge is 0.411 e. The van der Waals surface area contributed by atoms with Gasteiger partial charge in [0.15, 0.2) is 5.58 Å². The molecular formula is C28H32N2O4. The molecule has 2 heterocycles. The average Bonchev–Trinajstić information content (AvgIpc) is 3.27. The summed E-state index contributed by atoms with van der Waals surface area (Å²) in [5.41, 5.74) is 2.14. The number of aliphatic hydroxyl groups is 1. The lowest BCUT2D eigenvalue weighted by atomic mass is 9.85. The van der Waals surface area contributed by atoms with Gasteiger partial charge in [-0.25, -0.2) is 0 Å². The molecule has 1 atom stereocenters. The first-order valence-electron chi connectivity index (χ1n) is 12.2. The first-order chi connectivity index (χ1) is 16.7. The van der Waals surface area contributed by atoms with E-state index in [9.17, 15) is 5.11 Å². The Morgan fingerprint density at radius 2 is 1.85 bits per heavy atom. The van der Waals surface area contributed by atoms with E-state index in [0.29, 0.717) is 5.58 Å². The first-order valence-corrected chi connectivity index (χ1v) is 12.2. The summed E-state index contributed by atoms with van der Waals surface area (Å²) in [6.45, 7) is 3.59. The average molecular weight is 461 g/mol. The minimum atomic E-state index is -0.578. The lowest BCUT2D eigenvalue weighted by Gasteiger charge is -2.38. The van der Waals surface area contributed by atoms with Gasteiger partial charge in [0.05, 0.1) is 11.7 Å². The van der Waals surface area contributed by atoms with Crippen molar-refractivity contribution < 1.29 is 19.0 Å². The maximum absolute atomic E-state index is 11.0. The Bertz CT molecular complexity index is 1100. The molecule has 3 aromatic rings. The van der Waals surface area contributed by atoms with E-state index < -0.39 is 5.60 Å². The molecule has 1 saturated heterocycles. The Hall–Kier alpha value is -2.93. The Morgan fingerprint density at radius 3 is 2.62 bits per heavy atom. The molecule has 1 N–H and O–H groups in total. The fourth-order valence-corrected chi connectivity index (χ4v) is 4.64. The number of nitrogens with zero attached hydrogens (tertiary/aromatic N) is 2. The second-order valence-corrected chi connectivity index (χ2v) is 9.24. The van der Waals surface area contributed by atoms with Crippen LogP contribution in [0.1, 0.15) is 31.2 Å². The van der Waals surface area contributed by atoms with E-state index >= 15 is 0 Å². The second kappa shape index (κ2) is 10.6. The molecule has 1 aromatic heterocycles. The number of fused-ring (bicyclic) bond motifs is 1. The molecular weight excluding hydrogens is 428 g/mol. The van der Waals surface area contributed by atoms with Crippen LogP contribution in [0.4, 0.5) is 0 Å². The molecule has 34 heavy (non-hydrogen) atoms. The maximum atomic E-state index is 11.0. The van der Waals surface area contributed by atoms with Crippen molar-refractivity contribution in [3.63, 3.8) is 0 Å². The van der Waals surface area contributed by atoms with Crippen LogP contribution in [0.3, 0.4) is 0 Å².